The number of hydrogen-bond acceptors (Lipinski definition) is 2. The molecule has 2 aromatic carbocycles. The van der Waals surface area contributed by atoms with Gasteiger partial charge in [-0.3, -0.25) is 0 Å². The highest BCUT2D eigenvalue weighted by atomic mass is 14.9. The van der Waals surface area contributed by atoms with Gasteiger partial charge < -0.3 is 11.1 Å². The number of anilines is 1. The summed E-state index contributed by atoms with van der Waals surface area (Å²) in [5, 5.41) is 3.53. The van der Waals surface area contributed by atoms with E-state index >= 15 is 0 Å². The average molecular weight is 236 g/mol. The lowest BCUT2D eigenvalue weighted by molar-refractivity contribution is 0.787. The third-order valence-corrected chi connectivity index (χ3v) is 3.34. The molecule has 2 heteroatoms. The zero-order valence-electron chi connectivity index (χ0n) is 10.1. The molecule has 0 spiro atoms. The minimum absolute atomic E-state index is 0.160. The lowest BCUT2D eigenvalue weighted by atomic mass is 9.96. The molecular weight excluding hydrogens is 220 g/mol. The van der Waals surface area contributed by atoms with Gasteiger partial charge in [-0.15, -0.1) is 0 Å². The van der Waals surface area contributed by atoms with Crippen molar-refractivity contribution in [2.24, 2.45) is 5.73 Å². The minimum atomic E-state index is 0.160. The van der Waals surface area contributed by atoms with Gasteiger partial charge in [0.2, 0.25) is 0 Å². The monoisotopic (exact) mass is 236 g/mol. The first-order chi connectivity index (χ1) is 8.88. The Balaban J connectivity index is 2.15. The first kappa shape index (κ1) is 11.1. The van der Waals surface area contributed by atoms with Crippen molar-refractivity contribution < 1.29 is 0 Å². The molecule has 1 heterocycles. The first-order valence-electron chi connectivity index (χ1n) is 6.21. The number of benzene rings is 2. The van der Waals surface area contributed by atoms with Crippen molar-refractivity contribution in [3.05, 3.63) is 65.2 Å². The molecule has 2 aromatic rings. The molecule has 0 saturated heterocycles. The molecule has 0 bridgehead atoms. The van der Waals surface area contributed by atoms with Crippen molar-refractivity contribution in [2.45, 2.75) is 6.04 Å². The Bertz CT molecular complexity index is 587. The predicted octanol–water partition coefficient (Wildman–Crippen LogP) is 3.28. The van der Waals surface area contributed by atoms with Crippen LogP contribution in [0.2, 0.25) is 0 Å². The minimum Gasteiger partial charge on any atom is -0.376 e. The van der Waals surface area contributed by atoms with Crippen molar-refractivity contribution in [2.75, 3.05) is 11.9 Å². The molecule has 1 unspecified atom stereocenters. The molecule has 3 N–H and O–H groups in total. The zero-order valence-corrected chi connectivity index (χ0v) is 10.1. The molecule has 0 radical (unpaired) electrons. The van der Waals surface area contributed by atoms with Crippen LogP contribution < -0.4 is 11.1 Å². The summed E-state index contributed by atoms with van der Waals surface area (Å²) in [6.45, 7) is 0.583. The maximum atomic E-state index is 5.91. The van der Waals surface area contributed by atoms with Gasteiger partial charge in [0.05, 0.1) is 6.04 Å². The highest BCUT2D eigenvalue weighted by molar-refractivity contribution is 5.79. The van der Waals surface area contributed by atoms with Crippen LogP contribution in [-0.4, -0.2) is 6.54 Å². The number of hydrogen-bond donors (Lipinski definition) is 2. The maximum absolute atomic E-state index is 5.91. The normalized spacial score (nSPS) is 17.1. The van der Waals surface area contributed by atoms with Gasteiger partial charge in [-0.25, -0.2) is 0 Å². The van der Waals surface area contributed by atoms with Gasteiger partial charge >= 0.3 is 0 Å². The van der Waals surface area contributed by atoms with Gasteiger partial charge in [0.25, 0.3) is 0 Å². The van der Waals surface area contributed by atoms with Crippen LogP contribution in [0.5, 0.6) is 0 Å². The lowest BCUT2D eigenvalue weighted by Gasteiger charge is -2.23. The molecule has 0 aromatic heterocycles. The molecule has 18 heavy (non-hydrogen) atoms. The SMILES string of the molecule is NCC1Nc2ccccc2C=Cc2ccccc21. The second kappa shape index (κ2) is 4.67. The summed E-state index contributed by atoms with van der Waals surface area (Å²) in [6, 6.07) is 16.8. The molecule has 90 valence electrons. The number of nitrogens with one attached hydrogen (secondary N) is 1. The van der Waals surface area contributed by atoms with Crippen molar-refractivity contribution in [1.29, 1.82) is 0 Å². The Morgan fingerprint density at radius 1 is 0.889 bits per heavy atom. The van der Waals surface area contributed by atoms with E-state index in [4.69, 9.17) is 5.73 Å². The van der Waals surface area contributed by atoms with Crippen LogP contribution in [-0.2, 0) is 0 Å². The second-order valence-corrected chi connectivity index (χ2v) is 4.48. The lowest BCUT2D eigenvalue weighted by Crippen LogP contribution is -2.22. The van der Waals surface area contributed by atoms with Crippen LogP contribution in [0.1, 0.15) is 22.7 Å². The molecule has 2 nitrogen and oxygen atoms in total. The molecule has 1 atom stereocenters. The molecule has 0 saturated carbocycles. The van der Waals surface area contributed by atoms with Gasteiger partial charge in [-0.2, -0.15) is 0 Å². The van der Waals surface area contributed by atoms with E-state index in [9.17, 15) is 0 Å². The summed E-state index contributed by atoms with van der Waals surface area (Å²) in [7, 11) is 0. The first-order valence-corrected chi connectivity index (χ1v) is 6.21. The highest BCUT2D eigenvalue weighted by Gasteiger charge is 2.15. The molecule has 0 amide bonds. The molecule has 0 aliphatic carbocycles. The van der Waals surface area contributed by atoms with Crippen molar-refractivity contribution in [1.82, 2.24) is 0 Å². The summed E-state index contributed by atoms with van der Waals surface area (Å²) < 4.78 is 0. The fourth-order valence-corrected chi connectivity index (χ4v) is 2.38. The van der Waals surface area contributed by atoms with E-state index in [1.165, 1.54) is 16.7 Å². The standard InChI is InChI=1S/C16H16N2/c17-11-16-14-7-3-1-5-12(14)9-10-13-6-2-4-8-15(13)18-16/h1-10,16,18H,11,17H2. The van der Waals surface area contributed by atoms with E-state index in [0.717, 1.165) is 5.69 Å². The van der Waals surface area contributed by atoms with Crippen LogP contribution >= 0.6 is 0 Å². The van der Waals surface area contributed by atoms with Crippen LogP contribution in [0.4, 0.5) is 5.69 Å². The summed E-state index contributed by atoms with van der Waals surface area (Å²) in [4.78, 5) is 0. The van der Waals surface area contributed by atoms with E-state index in [1.54, 1.807) is 0 Å². The van der Waals surface area contributed by atoms with Gasteiger partial charge in [0, 0.05) is 12.2 Å². The van der Waals surface area contributed by atoms with E-state index in [2.05, 4.69) is 59.9 Å². The quantitative estimate of drug-likeness (QED) is 0.797. The largest absolute Gasteiger partial charge is 0.376 e. The number of nitrogens with two attached hydrogens (primary N) is 1. The van der Waals surface area contributed by atoms with Crippen LogP contribution in [0.25, 0.3) is 12.2 Å². The summed E-state index contributed by atoms with van der Waals surface area (Å²) in [5.74, 6) is 0. The third-order valence-electron chi connectivity index (χ3n) is 3.34. The fourth-order valence-electron chi connectivity index (χ4n) is 2.38. The van der Waals surface area contributed by atoms with Crippen molar-refractivity contribution >= 4 is 17.8 Å². The number of para-hydroxylation sites is 1. The van der Waals surface area contributed by atoms with E-state index in [-0.39, 0.29) is 6.04 Å². The molecule has 0 fully saturated rings. The van der Waals surface area contributed by atoms with Crippen LogP contribution in [0.3, 0.4) is 0 Å². The third kappa shape index (κ3) is 1.91. The molecular formula is C16H16N2. The van der Waals surface area contributed by atoms with Gasteiger partial charge in [-0.1, -0.05) is 54.6 Å². The number of rotatable bonds is 1. The van der Waals surface area contributed by atoms with E-state index in [0.29, 0.717) is 6.54 Å². The molecule has 1 aliphatic heterocycles. The molecule has 1 aliphatic rings. The zero-order chi connectivity index (χ0) is 12.4. The smallest absolute Gasteiger partial charge is 0.0642 e. The van der Waals surface area contributed by atoms with Crippen molar-refractivity contribution in [3.8, 4) is 0 Å². The summed E-state index contributed by atoms with van der Waals surface area (Å²) in [5.41, 5.74) is 10.7. The maximum Gasteiger partial charge on any atom is 0.0642 e. The van der Waals surface area contributed by atoms with Gasteiger partial charge in [0.1, 0.15) is 0 Å². The Morgan fingerprint density at radius 2 is 1.56 bits per heavy atom. The second-order valence-electron chi connectivity index (χ2n) is 4.48. The topological polar surface area (TPSA) is 38.0 Å². The fraction of sp³-hybridized carbons (Fsp3) is 0.125. The van der Waals surface area contributed by atoms with Crippen molar-refractivity contribution in [3.63, 3.8) is 0 Å². The van der Waals surface area contributed by atoms with Gasteiger partial charge in [0.15, 0.2) is 0 Å². The molecule has 3 rings (SSSR count). The Hall–Kier alpha value is -2.06. The summed E-state index contributed by atoms with van der Waals surface area (Å²) in [6.07, 6.45) is 4.31. The Labute approximate surface area is 107 Å². The van der Waals surface area contributed by atoms with Crippen LogP contribution in [0.15, 0.2) is 48.5 Å². The van der Waals surface area contributed by atoms with Gasteiger partial charge in [-0.05, 0) is 22.8 Å². The van der Waals surface area contributed by atoms with Crippen LogP contribution in [0, 0.1) is 0 Å². The Morgan fingerprint density at radius 3 is 2.39 bits per heavy atom. The Kier molecular flexibility index (Phi) is 2.87. The van der Waals surface area contributed by atoms with E-state index < -0.39 is 0 Å². The van der Waals surface area contributed by atoms with E-state index in [1.807, 2.05) is 6.07 Å². The summed E-state index contributed by atoms with van der Waals surface area (Å²) >= 11 is 0. The number of fused-ring (bicyclic) bond motifs is 2. The highest BCUT2D eigenvalue weighted by Crippen LogP contribution is 2.29. The average Bonchev–Trinajstić information content (AvgIpc) is 2.41. The predicted molar refractivity (Wildman–Crippen MR) is 77.2 cm³/mol.